The number of ether oxygens (including phenoxy) is 2. The van der Waals surface area contributed by atoms with E-state index in [0.717, 1.165) is 12.8 Å². The zero-order valence-corrected chi connectivity index (χ0v) is 10.1. The van der Waals surface area contributed by atoms with Crippen LogP contribution in [0.2, 0.25) is 0 Å². The van der Waals surface area contributed by atoms with E-state index in [4.69, 9.17) is 9.47 Å². The standard InChI is InChI=1S/C13H17FO3/c1-16-11-4-3-10(14)12(17-2)9(11)5-6-13(15)7-8-13/h3-4,15H,5-8H2,1-2H3. The van der Waals surface area contributed by atoms with E-state index in [-0.39, 0.29) is 5.75 Å². The van der Waals surface area contributed by atoms with E-state index in [9.17, 15) is 9.50 Å². The highest BCUT2D eigenvalue weighted by atomic mass is 19.1. The van der Waals surface area contributed by atoms with Gasteiger partial charge in [0.15, 0.2) is 11.6 Å². The average Bonchev–Trinajstić information content (AvgIpc) is 3.05. The molecule has 0 amide bonds. The van der Waals surface area contributed by atoms with Crippen LogP contribution in [-0.2, 0) is 6.42 Å². The fourth-order valence-electron chi connectivity index (χ4n) is 1.98. The molecule has 94 valence electrons. The van der Waals surface area contributed by atoms with Crippen molar-refractivity contribution in [3.63, 3.8) is 0 Å². The molecule has 17 heavy (non-hydrogen) atoms. The third kappa shape index (κ3) is 2.52. The Labute approximate surface area is 100 Å². The normalized spacial score (nSPS) is 16.7. The molecule has 1 saturated carbocycles. The molecule has 0 atom stereocenters. The first-order valence-electron chi connectivity index (χ1n) is 5.71. The molecule has 1 aliphatic carbocycles. The van der Waals surface area contributed by atoms with Crippen molar-refractivity contribution in [2.45, 2.75) is 31.3 Å². The van der Waals surface area contributed by atoms with Gasteiger partial charge in [0.05, 0.1) is 19.8 Å². The van der Waals surface area contributed by atoms with E-state index in [1.165, 1.54) is 13.2 Å². The fraction of sp³-hybridized carbons (Fsp3) is 0.538. The van der Waals surface area contributed by atoms with Crippen LogP contribution in [0.5, 0.6) is 11.5 Å². The minimum Gasteiger partial charge on any atom is -0.496 e. The highest BCUT2D eigenvalue weighted by molar-refractivity contribution is 5.46. The van der Waals surface area contributed by atoms with E-state index >= 15 is 0 Å². The van der Waals surface area contributed by atoms with E-state index in [2.05, 4.69) is 0 Å². The number of benzene rings is 1. The molecular formula is C13H17FO3. The lowest BCUT2D eigenvalue weighted by Gasteiger charge is -2.15. The summed E-state index contributed by atoms with van der Waals surface area (Å²) in [5.74, 6) is 0.423. The van der Waals surface area contributed by atoms with Crippen molar-refractivity contribution in [3.8, 4) is 11.5 Å². The van der Waals surface area contributed by atoms with Crippen molar-refractivity contribution in [1.82, 2.24) is 0 Å². The molecule has 0 saturated heterocycles. The molecule has 0 bridgehead atoms. The summed E-state index contributed by atoms with van der Waals surface area (Å²) in [5.41, 5.74) is 0.137. The smallest absolute Gasteiger partial charge is 0.165 e. The summed E-state index contributed by atoms with van der Waals surface area (Å²) in [6.45, 7) is 0. The van der Waals surface area contributed by atoms with Crippen LogP contribution in [0.4, 0.5) is 4.39 Å². The SMILES string of the molecule is COc1ccc(F)c(OC)c1CCC1(O)CC1. The highest BCUT2D eigenvalue weighted by Crippen LogP contribution is 2.41. The monoisotopic (exact) mass is 240 g/mol. The maximum Gasteiger partial charge on any atom is 0.165 e. The van der Waals surface area contributed by atoms with E-state index in [0.29, 0.717) is 24.2 Å². The molecule has 0 spiro atoms. The van der Waals surface area contributed by atoms with E-state index in [1.54, 1.807) is 13.2 Å². The van der Waals surface area contributed by atoms with Crippen molar-refractivity contribution in [2.24, 2.45) is 0 Å². The third-order valence-electron chi connectivity index (χ3n) is 3.26. The second kappa shape index (κ2) is 4.53. The van der Waals surface area contributed by atoms with Gasteiger partial charge in [0.1, 0.15) is 5.75 Å². The molecule has 3 nitrogen and oxygen atoms in total. The van der Waals surface area contributed by atoms with Gasteiger partial charge in [-0.25, -0.2) is 4.39 Å². The van der Waals surface area contributed by atoms with Gasteiger partial charge >= 0.3 is 0 Å². The second-order valence-electron chi connectivity index (χ2n) is 4.49. The van der Waals surface area contributed by atoms with Gasteiger partial charge in [-0.2, -0.15) is 0 Å². The van der Waals surface area contributed by atoms with E-state index < -0.39 is 11.4 Å². The Bertz CT molecular complexity index is 413. The summed E-state index contributed by atoms with van der Waals surface area (Å²) in [6, 6.07) is 2.91. The lowest BCUT2D eigenvalue weighted by atomic mass is 10.0. The summed E-state index contributed by atoms with van der Waals surface area (Å²) in [5, 5.41) is 9.81. The summed E-state index contributed by atoms with van der Waals surface area (Å²) in [6.07, 6.45) is 2.82. The van der Waals surface area contributed by atoms with Gasteiger partial charge < -0.3 is 14.6 Å². The zero-order chi connectivity index (χ0) is 12.5. The lowest BCUT2D eigenvalue weighted by molar-refractivity contribution is 0.140. The molecule has 1 N–H and O–H groups in total. The van der Waals surface area contributed by atoms with Gasteiger partial charge in [0, 0.05) is 5.56 Å². The van der Waals surface area contributed by atoms with Gasteiger partial charge in [-0.3, -0.25) is 0 Å². The number of hydrogen-bond donors (Lipinski definition) is 1. The van der Waals surface area contributed by atoms with Gasteiger partial charge in [-0.05, 0) is 37.8 Å². The minimum atomic E-state index is -0.553. The number of hydrogen-bond acceptors (Lipinski definition) is 3. The fourth-order valence-corrected chi connectivity index (χ4v) is 1.98. The Hall–Kier alpha value is -1.29. The molecule has 0 heterocycles. The molecule has 0 radical (unpaired) electrons. The maximum atomic E-state index is 13.6. The van der Waals surface area contributed by atoms with Crippen LogP contribution in [0, 0.1) is 5.82 Å². The van der Waals surface area contributed by atoms with Crippen molar-refractivity contribution >= 4 is 0 Å². The molecule has 0 aromatic heterocycles. The molecular weight excluding hydrogens is 223 g/mol. The number of halogens is 1. The van der Waals surface area contributed by atoms with Crippen LogP contribution in [0.25, 0.3) is 0 Å². The molecule has 4 heteroatoms. The van der Waals surface area contributed by atoms with Crippen LogP contribution in [-0.4, -0.2) is 24.9 Å². The predicted molar refractivity (Wildman–Crippen MR) is 62.0 cm³/mol. The highest BCUT2D eigenvalue weighted by Gasteiger charge is 2.40. The topological polar surface area (TPSA) is 38.7 Å². The van der Waals surface area contributed by atoms with Crippen molar-refractivity contribution in [3.05, 3.63) is 23.5 Å². The molecule has 1 aromatic rings. The molecule has 1 aromatic carbocycles. The third-order valence-corrected chi connectivity index (χ3v) is 3.26. The van der Waals surface area contributed by atoms with Crippen LogP contribution in [0.3, 0.4) is 0 Å². The first-order valence-corrected chi connectivity index (χ1v) is 5.71. The van der Waals surface area contributed by atoms with E-state index in [1.807, 2.05) is 0 Å². The van der Waals surface area contributed by atoms with Crippen molar-refractivity contribution in [2.75, 3.05) is 14.2 Å². The zero-order valence-electron chi connectivity index (χ0n) is 10.1. The van der Waals surface area contributed by atoms with Crippen LogP contribution in [0.1, 0.15) is 24.8 Å². The van der Waals surface area contributed by atoms with Crippen molar-refractivity contribution in [1.29, 1.82) is 0 Å². The van der Waals surface area contributed by atoms with Gasteiger partial charge in [0.2, 0.25) is 0 Å². The first-order chi connectivity index (χ1) is 8.09. The van der Waals surface area contributed by atoms with Crippen molar-refractivity contribution < 1.29 is 19.0 Å². The summed E-state index contributed by atoms with van der Waals surface area (Å²) in [4.78, 5) is 0. The Kier molecular flexibility index (Phi) is 3.24. The Morgan fingerprint density at radius 3 is 2.53 bits per heavy atom. The second-order valence-corrected chi connectivity index (χ2v) is 4.49. The minimum absolute atomic E-state index is 0.216. The number of rotatable bonds is 5. The quantitative estimate of drug-likeness (QED) is 0.858. The predicted octanol–water partition coefficient (Wildman–Crippen LogP) is 2.30. The number of methoxy groups -OCH3 is 2. The first kappa shape index (κ1) is 12.2. The van der Waals surface area contributed by atoms with Crippen LogP contribution >= 0.6 is 0 Å². The summed E-state index contributed by atoms with van der Waals surface area (Å²) < 4.78 is 23.8. The Morgan fingerprint density at radius 2 is 2.00 bits per heavy atom. The average molecular weight is 240 g/mol. The molecule has 0 aliphatic heterocycles. The number of aliphatic hydroxyl groups is 1. The summed E-state index contributed by atoms with van der Waals surface area (Å²) >= 11 is 0. The largest absolute Gasteiger partial charge is 0.496 e. The molecule has 1 aliphatic rings. The summed E-state index contributed by atoms with van der Waals surface area (Å²) in [7, 11) is 2.98. The lowest BCUT2D eigenvalue weighted by Crippen LogP contribution is -2.09. The van der Waals surface area contributed by atoms with Crippen LogP contribution < -0.4 is 9.47 Å². The Morgan fingerprint density at radius 1 is 1.29 bits per heavy atom. The van der Waals surface area contributed by atoms with Crippen LogP contribution in [0.15, 0.2) is 12.1 Å². The Balaban J connectivity index is 2.24. The molecule has 0 unspecified atom stereocenters. The van der Waals surface area contributed by atoms with Gasteiger partial charge in [-0.15, -0.1) is 0 Å². The van der Waals surface area contributed by atoms with Gasteiger partial charge in [0.25, 0.3) is 0 Å². The van der Waals surface area contributed by atoms with Gasteiger partial charge in [-0.1, -0.05) is 0 Å². The molecule has 1 fully saturated rings. The molecule has 2 rings (SSSR count). The maximum absolute atomic E-state index is 13.6.